The lowest BCUT2D eigenvalue weighted by Gasteiger charge is -2.40. The number of benzene rings is 1. The van der Waals surface area contributed by atoms with Gasteiger partial charge in [0.15, 0.2) is 0 Å². The first-order valence-corrected chi connectivity index (χ1v) is 8.44. The summed E-state index contributed by atoms with van der Waals surface area (Å²) >= 11 is 3.47. The molecular weight excluding hydrogens is 354 g/mol. The summed E-state index contributed by atoms with van der Waals surface area (Å²) in [5.41, 5.74) is 3.78. The Morgan fingerprint density at radius 1 is 1.22 bits per heavy atom. The number of anilines is 1. The Bertz CT molecular complexity index is 817. The van der Waals surface area contributed by atoms with Gasteiger partial charge in [-0.15, -0.1) is 0 Å². The van der Waals surface area contributed by atoms with Crippen molar-refractivity contribution in [3.63, 3.8) is 0 Å². The van der Waals surface area contributed by atoms with Gasteiger partial charge in [-0.1, -0.05) is 23.4 Å². The third-order valence-corrected chi connectivity index (χ3v) is 5.64. The first-order chi connectivity index (χ1) is 11.0. The molecule has 0 N–H and O–H groups in total. The highest BCUT2D eigenvalue weighted by Gasteiger charge is 2.61. The van der Waals surface area contributed by atoms with Gasteiger partial charge in [-0.2, -0.15) is 0 Å². The molecule has 0 saturated carbocycles. The second kappa shape index (κ2) is 4.81. The highest BCUT2D eigenvalue weighted by Crippen LogP contribution is 2.55. The van der Waals surface area contributed by atoms with Gasteiger partial charge in [-0.05, 0) is 47.5 Å². The van der Waals surface area contributed by atoms with Crippen molar-refractivity contribution in [1.82, 2.24) is 4.98 Å². The Labute approximate surface area is 144 Å². The van der Waals surface area contributed by atoms with Crippen LogP contribution in [0.1, 0.15) is 31.4 Å². The van der Waals surface area contributed by atoms with Gasteiger partial charge < -0.3 is 9.74 Å². The third-order valence-electron chi connectivity index (χ3n) is 5.21. The van der Waals surface area contributed by atoms with Gasteiger partial charge in [0, 0.05) is 35.2 Å². The molecule has 0 radical (unpaired) electrons. The second-order valence-corrected chi connectivity index (χ2v) is 7.60. The van der Waals surface area contributed by atoms with E-state index in [-0.39, 0.29) is 5.41 Å². The highest BCUT2D eigenvalue weighted by molar-refractivity contribution is 9.10. The zero-order valence-corrected chi connectivity index (χ0v) is 15.0. The Hall–Kier alpha value is -1.88. The molecule has 1 spiro atoms. The highest BCUT2D eigenvalue weighted by atomic mass is 79.9. The molecule has 23 heavy (non-hydrogen) atoms. The number of nitrogens with zero attached hydrogens (tertiary/aromatic N) is 3. The van der Waals surface area contributed by atoms with Crippen LogP contribution < -0.4 is 4.90 Å². The predicted octanol–water partition coefficient (Wildman–Crippen LogP) is 4.09. The third kappa shape index (κ3) is 1.89. The zero-order chi connectivity index (χ0) is 16.2. The molecule has 2 aromatic rings. The molecule has 0 saturated heterocycles. The Balaban J connectivity index is 1.75. The molecule has 3 heterocycles. The molecule has 4 nitrogen and oxygen atoms in total. The minimum atomic E-state index is -0.492. The van der Waals surface area contributed by atoms with Crippen LogP contribution in [-0.2, 0) is 10.3 Å². The number of hydrogen-bond donors (Lipinski definition) is 0. The number of halogens is 1. The molecule has 0 unspecified atom stereocenters. The van der Waals surface area contributed by atoms with Gasteiger partial charge in [-0.25, -0.2) is 0 Å². The van der Waals surface area contributed by atoms with E-state index in [2.05, 4.69) is 76.1 Å². The van der Waals surface area contributed by atoms with E-state index < -0.39 is 5.72 Å². The van der Waals surface area contributed by atoms with Gasteiger partial charge >= 0.3 is 0 Å². The van der Waals surface area contributed by atoms with E-state index in [4.69, 9.17) is 4.84 Å². The molecule has 0 bridgehead atoms. The zero-order valence-electron chi connectivity index (χ0n) is 13.4. The Morgan fingerprint density at radius 2 is 2.00 bits per heavy atom. The van der Waals surface area contributed by atoms with E-state index in [0.29, 0.717) is 0 Å². The van der Waals surface area contributed by atoms with E-state index in [1.807, 2.05) is 12.3 Å². The van der Waals surface area contributed by atoms with Gasteiger partial charge in [0.2, 0.25) is 5.72 Å². The lowest BCUT2D eigenvalue weighted by Crippen LogP contribution is -2.54. The summed E-state index contributed by atoms with van der Waals surface area (Å²) in [6, 6.07) is 10.5. The van der Waals surface area contributed by atoms with Crippen molar-refractivity contribution in [1.29, 1.82) is 0 Å². The van der Waals surface area contributed by atoms with E-state index in [0.717, 1.165) is 22.2 Å². The van der Waals surface area contributed by atoms with Crippen LogP contribution in [0.25, 0.3) is 0 Å². The van der Waals surface area contributed by atoms with Crippen LogP contribution >= 0.6 is 15.9 Å². The maximum atomic E-state index is 6.09. The average molecular weight is 372 g/mol. The van der Waals surface area contributed by atoms with Crippen molar-refractivity contribution in [2.75, 3.05) is 11.9 Å². The number of aromatic nitrogens is 1. The number of fused-ring (bicyclic) bond motifs is 1. The van der Waals surface area contributed by atoms with E-state index >= 15 is 0 Å². The Morgan fingerprint density at radius 3 is 2.74 bits per heavy atom. The molecular formula is C18H18BrN3O. The summed E-state index contributed by atoms with van der Waals surface area (Å²) in [5, 5.41) is 4.43. The Kier molecular flexibility index (Phi) is 3.07. The monoisotopic (exact) mass is 371 g/mol. The summed E-state index contributed by atoms with van der Waals surface area (Å²) in [5.74, 6) is 0. The van der Waals surface area contributed by atoms with Crippen LogP contribution in [-0.4, -0.2) is 23.5 Å². The smallest absolute Gasteiger partial charge is 0.224 e. The normalized spacial score (nSPS) is 24.5. The van der Waals surface area contributed by atoms with Crippen LogP contribution in [0.4, 0.5) is 5.69 Å². The minimum absolute atomic E-state index is 0.164. The summed E-state index contributed by atoms with van der Waals surface area (Å²) in [6.45, 7) is 4.46. The van der Waals surface area contributed by atoms with Gasteiger partial charge in [0.25, 0.3) is 0 Å². The topological polar surface area (TPSA) is 37.7 Å². The molecule has 4 rings (SSSR count). The van der Waals surface area contributed by atoms with Crippen LogP contribution in [0.5, 0.6) is 0 Å². The summed E-state index contributed by atoms with van der Waals surface area (Å²) in [4.78, 5) is 12.6. The standard InChI is InChI=1S/C18H18BrN3O/c1-17(2)14-6-4-5-7-16(14)22(3)18(17)9-15(21-23-18)12-8-13(19)11-20-10-12/h4-8,10-11H,9H2,1-3H3/t18-/m0/s1. The molecule has 5 heteroatoms. The fourth-order valence-corrected chi connectivity index (χ4v) is 4.15. The SMILES string of the molecule is CN1c2ccccc2C(C)(C)[C@@]12CC(c1cncc(Br)c1)=NO2. The predicted molar refractivity (Wildman–Crippen MR) is 94.8 cm³/mol. The molecule has 1 aromatic carbocycles. The number of hydrogen-bond acceptors (Lipinski definition) is 4. The summed E-state index contributed by atoms with van der Waals surface area (Å²) in [7, 11) is 2.09. The average Bonchev–Trinajstić information content (AvgIpc) is 3.06. The molecule has 118 valence electrons. The quantitative estimate of drug-likeness (QED) is 0.757. The van der Waals surface area contributed by atoms with Gasteiger partial charge in [-0.3, -0.25) is 4.98 Å². The molecule has 2 aliphatic rings. The maximum Gasteiger partial charge on any atom is 0.224 e. The first kappa shape index (κ1) is 14.7. The lowest BCUT2D eigenvalue weighted by atomic mass is 9.75. The molecule has 1 atom stereocenters. The fourth-order valence-electron chi connectivity index (χ4n) is 3.78. The number of oxime groups is 1. The second-order valence-electron chi connectivity index (χ2n) is 6.68. The molecule has 0 amide bonds. The summed E-state index contributed by atoms with van der Waals surface area (Å²) in [6.07, 6.45) is 4.33. The van der Waals surface area contributed by atoms with E-state index in [1.165, 1.54) is 11.3 Å². The first-order valence-electron chi connectivity index (χ1n) is 7.65. The number of para-hydroxylation sites is 1. The van der Waals surface area contributed by atoms with Crippen molar-refractivity contribution >= 4 is 27.3 Å². The van der Waals surface area contributed by atoms with Crippen LogP contribution in [0.2, 0.25) is 0 Å². The van der Waals surface area contributed by atoms with Gasteiger partial charge in [0.05, 0.1) is 17.5 Å². The van der Waals surface area contributed by atoms with Crippen molar-refractivity contribution in [2.45, 2.75) is 31.4 Å². The van der Waals surface area contributed by atoms with Crippen molar-refractivity contribution in [3.05, 3.63) is 58.3 Å². The molecule has 1 aromatic heterocycles. The summed E-state index contributed by atoms with van der Waals surface area (Å²) < 4.78 is 0.945. The van der Waals surface area contributed by atoms with E-state index in [1.54, 1.807) is 6.20 Å². The van der Waals surface area contributed by atoms with Crippen molar-refractivity contribution in [2.24, 2.45) is 5.16 Å². The van der Waals surface area contributed by atoms with Crippen LogP contribution in [0.3, 0.4) is 0 Å². The number of likely N-dealkylation sites (N-methyl/N-ethyl adjacent to an activating group) is 1. The largest absolute Gasteiger partial charge is 0.366 e. The number of rotatable bonds is 1. The van der Waals surface area contributed by atoms with Crippen LogP contribution in [0.15, 0.2) is 52.4 Å². The lowest BCUT2D eigenvalue weighted by molar-refractivity contribution is -0.0591. The molecule has 0 aliphatic carbocycles. The van der Waals surface area contributed by atoms with Crippen molar-refractivity contribution in [3.8, 4) is 0 Å². The van der Waals surface area contributed by atoms with Crippen LogP contribution in [0, 0.1) is 0 Å². The molecule has 0 fully saturated rings. The van der Waals surface area contributed by atoms with Crippen molar-refractivity contribution < 1.29 is 4.84 Å². The van der Waals surface area contributed by atoms with E-state index in [9.17, 15) is 0 Å². The maximum absolute atomic E-state index is 6.09. The molecule has 2 aliphatic heterocycles. The van der Waals surface area contributed by atoms with Gasteiger partial charge in [0.1, 0.15) is 0 Å². The number of pyridine rings is 1. The fraction of sp³-hybridized carbons (Fsp3) is 0.333. The minimum Gasteiger partial charge on any atom is -0.366 e.